The van der Waals surface area contributed by atoms with Gasteiger partial charge in [0.05, 0.1) is 0 Å². The van der Waals surface area contributed by atoms with Crippen LogP contribution >= 0.6 is 11.5 Å². The quantitative estimate of drug-likeness (QED) is 0.700. The van der Waals surface area contributed by atoms with Gasteiger partial charge in [-0.15, -0.1) is 0 Å². The molecule has 15 heavy (non-hydrogen) atoms. The van der Waals surface area contributed by atoms with E-state index < -0.39 is 0 Å². The summed E-state index contributed by atoms with van der Waals surface area (Å²) in [5.74, 6) is 1.55. The van der Waals surface area contributed by atoms with Gasteiger partial charge in [-0.25, -0.2) is 4.98 Å². The fourth-order valence-electron chi connectivity index (χ4n) is 1.23. The number of anilines is 1. The summed E-state index contributed by atoms with van der Waals surface area (Å²) >= 11 is 1.44. The van der Waals surface area contributed by atoms with Gasteiger partial charge in [-0.05, 0) is 25.3 Å². The minimum Gasteiger partial charge on any atom is -0.360 e. The van der Waals surface area contributed by atoms with Crippen molar-refractivity contribution in [1.82, 2.24) is 9.36 Å². The van der Waals surface area contributed by atoms with Gasteiger partial charge in [0.15, 0.2) is 0 Å². The van der Waals surface area contributed by atoms with Gasteiger partial charge in [0.1, 0.15) is 5.82 Å². The van der Waals surface area contributed by atoms with Gasteiger partial charge in [0.2, 0.25) is 5.13 Å². The fraction of sp³-hybridized carbons (Fsp3) is 0.800. The van der Waals surface area contributed by atoms with Crippen LogP contribution in [0.15, 0.2) is 0 Å². The van der Waals surface area contributed by atoms with Crippen LogP contribution in [0.5, 0.6) is 0 Å². The molecule has 3 N–H and O–H groups in total. The molecule has 0 fully saturated rings. The zero-order valence-electron chi connectivity index (χ0n) is 9.49. The third-order valence-corrected chi connectivity index (χ3v) is 3.05. The molecule has 0 aromatic carbocycles. The van der Waals surface area contributed by atoms with Gasteiger partial charge in [0, 0.05) is 24.5 Å². The second kappa shape index (κ2) is 6.74. The highest BCUT2D eigenvalue weighted by atomic mass is 32.1. The van der Waals surface area contributed by atoms with Gasteiger partial charge in [0.25, 0.3) is 0 Å². The highest BCUT2D eigenvalue weighted by molar-refractivity contribution is 7.09. The molecule has 0 saturated heterocycles. The van der Waals surface area contributed by atoms with Crippen molar-refractivity contribution < 1.29 is 0 Å². The van der Waals surface area contributed by atoms with Crippen LogP contribution in [0.3, 0.4) is 0 Å². The summed E-state index contributed by atoms with van der Waals surface area (Å²) in [4.78, 5) is 4.34. The standard InChI is InChI=1S/C10H20N4S/c1-3-9-13-10(15-14-9)12-6-4-5-8(2)7-11/h8H,3-7,11H2,1-2H3,(H,12,13,14). The molecule has 1 aromatic rings. The Kier molecular flexibility index (Phi) is 5.57. The monoisotopic (exact) mass is 228 g/mol. The van der Waals surface area contributed by atoms with E-state index in [9.17, 15) is 0 Å². The lowest BCUT2D eigenvalue weighted by molar-refractivity contribution is 0.529. The van der Waals surface area contributed by atoms with Gasteiger partial charge in [-0.3, -0.25) is 0 Å². The van der Waals surface area contributed by atoms with E-state index in [0.29, 0.717) is 5.92 Å². The first kappa shape index (κ1) is 12.4. The number of nitrogens with one attached hydrogen (secondary N) is 1. The van der Waals surface area contributed by atoms with Crippen molar-refractivity contribution in [2.45, 2.75) is 33.1 Å². The number of aryl methyl sites for hydroxylation is 1. The molecule has 1 unspecified atom stereocenters. The molecule has 0 radical (unpaired) electrons. The molecule has 0 aliphatic rings. The molecule has 1 rings (SSSR count). The van der Waals surface area contributed by atoms with E-state index in [2.05, 4.69) is 28.5 Å². The summed E-state index contributed by atoms with van der Waals surface area (Å²) in [5, 5.41) is 4.22. The molecule has 0 bridgehead atoms. The van der Waals surface area contributed by atoms with Crippen LogP contribution in [-0.4, -0.2) is 22.4 Å². The maximum Gasteiger partial charge on any atom is 0.202 e. The Labute approximate surface area is 95.5 Å². The summed E-state index contributed by atoms with van der Waals surface area (Å²) < 4.78 is 4.21. The van der Waals surface area contributed by atoms with E-state index in [4.69, 9.17) is 5.73 Å². The Morgan fingerprint density at radius 2 is 2.33 bits per heavy atom. The smallest absolute Gasteiger partial charge is 0.202 e. The minimum absolute atomic E-state index is 0.618. The van der Waals surface area contributed by atoms with Crippen LogP contribution in [0.4, 0.5) is 5.13 Å². The van der Waals surface area contributed by atoms with E-state index in [1.54, 1.807) is 0 Å². The van der Waals surface area contributed by atoms with Crippen LogP contribution in [0.2, 0.25) is 0 Å². The first-order chi connectivity index (χ1) is 7.26. The van der Waals surface area contributed by atoms with E-state index in [1.165, 1.54) is 18.0 Å². The van der Waals surface area contributed by atoms with Gasteiger partial charge >= 0.3 is 0 Å². The largest absolute Gasteiger partial charge is 0.360 e. The minimum atomic E-state index is 0.618. The normalized spacial score (nSPS) is 12.7. The third kappa shape index (κ3) is 4.57. The molecular weight excluding hydrogens is 208 g/mol. The highest BCUT2D eigenvalue weighted by Crippen LogP contribution is 2.11. The molecule has 0 amide bonds. The van der Waals surface area contributed by atoms with E-state index in [0.717, 1.165) is 36.9 Å². The molecule has 0 aliphatic carbocycles. The lowest BCUT2D eigenvalue weighted by Crippen LogP contribution is -2.12. The number of nitrogens with two attached hydrogens (primary N) is 1. The predicted molar refractivity (Wildman–Crippen MR) is 65.2 cm³/mol. The summed E-state index contributed by atoms with van der Waals surface area (Å²) in [6, 6.07) is 0. The summed E-state index contributed by atoms with van der Waals surface area (Å²) in [6.45, 7) is 5.98. The Bertz CT molecular complexity index is 274. The van der Waals surface area contributed by atoms with Gasteiger partial charge in [-0.2, -0.15) is 4.37 Å². The lowest BCUT2D eigenvalue weighted by atomic mass is 10.1. The third-order valence-electron chi connectivity index (χ3n) is 2.34. The maximum atomic E-state index is 5.55. The first-order valence-corrected chi connectivity index (χ1v) is 6.30. The fourth-order valence-corrected chi connectivity index (χ4v) is 1.91. The Balaban J connectivity index is 2.14. The van der Waals surface area contributed by atoms with Gasteiger partial charge < -0.3 is 11.1 Å². The summed E-state index contributed by atoms with van der Waals surface area (Å²) in [7, 11) is 0. The van der Waals surface area contributed by atoms with Crippen LogP contribution in [-0.2, 0) is 6.42 Å². The molecule has 0 spiro atoms. The van der Waals surface area contributed by atoms with Crippen molar-refractivity contribution in [3.8, 4) is 0 Å². The Hall–Kier alpha value is -0.680. The molecular formula is C10H20N4S. The van der Waals surface area contributed by atoms with E-state index >= 15 is 0 Å². The number of aromatic nitrogens is 2. The maximum absolute atomic E-state index is 5.55. The Morgan fingerprint density at radius 1 is 1.53 bits per heavy atom. The van der Waals surface area contributed by atoms with Crippen LogP contribution in [0.25, 0.3) is 0 Å². The predicted octanol–water partition coefficient (Wildman–Crippen LogP) is 1.89. The van der Waals surface area contributed by atoms with Crippen LogP contribution in [0.1, 0.15) is 32.5 Å². The van der Waals surface area contributed by atoms with Gasteiger partial charge in [-0.1, -0.05) is 13.8 Å². The van der Waals surface area contributed by atoms with Crippen LogP contribution in [0, 0.1) is 5.92 Å². The molecule has 4 nitrogen and oxygen atoms in total. The van der Waals surface area contributed by atoms with Crippen molar-refractivity contribution >= 4 is 16.7 Å². The topological polar surface area (TPSA) is 63.8 Å². The average molecular weight is 228 g/mol. The molecule has 1 heterocycles. The summed E-state index contributed by atoms with van der Waals surface area (Å²) in [5.41, 5.74) is 5.55. The Morgan fingerprint density at radius 3 is 2.93 bits per heavy atom. The molecule has 1 aromatic heterocycles. The van der Waals surface area contributed by atoms with Crippen molar-refractivity contribution in [2.75, 3.05) is 18.4 Å². The van der Waals surface area contributed by atoms with E-state index in [-0.39, 0.29) is 0 Å². The SMILES string of the molecule is CCc1nsc(NCCCC(C)CN)n1. The number of hydrogen-bond donors (Lipinski definition) is 2. The summed E-state index contributed by atoms with van der Waals surface area (Å²) in [6.07, 6.45) is 3.21. The van der Waals surface area contributed by atoms with E-state index in [1.807, 2.05) is 0 Å². The highest BCUT2D eigenvalue weighted by Gasteiger charge is 2.02. The zero-order chi connectivity index (χ0) is 11.1. The average Bonchev–Trinajstić information content (AvgIpc) is 2.72. The van der Waals surface area contributed by atoms with Crippen molar-refractivity contribution in [3.63, 3.8) is 0 Å². The van der Waals surface area contributed by atoms with Crippen molar-refractivity contribution in [2.24, 2.45) is 11.7 Å². The molecule has 1 atom stereocenters. The number of hydrogen-bond acceptors (Lipinski definition) is 5. The molecule has 0 aliphatic heterocycles. The molecule has 86 valence electrons. The second-order valence-corrected chi connectivity index (χ2v) is 4.53. The molecule has 0 saturated carbocycles. The lowest BCUT2D eigenvalue weighted by Gasteiger charge is -2.07. The molecule has 5 heteroatoms. The second-order valence-electron chi connectivity index (χ2n) is 3.78. The van der Waals surface area contributed by atoms with Crippen molar-refractivity contribution in [3.05, 3.63) is 5.82 Å². The zero-order valence-corrected chi connectivity index (χ0v) is 10.3. The number of nitrogens with zero attached hydrogens (tertiary/aromatic N) is 2. The van der Waals surface area contributed by atoms with Crippen LogP contribution < -0.4 is 11.1 Å². The van der Waals surface area contributed by atoms with Crippen molar-refractivity contribution in [1.29, 1.82) is 0 Å². The first-order valence-electron chi connectivity index (χ1n) is 5.52. The number of rotatable bonds is 7.